The van der Waals surface area contributed by atoms with Crippen LogP contribution in [0.1, 0.15) is 127 Å². The van der Waals surface area contributed by atoms with Crippen molar-refractivity contribution in [2.45, 2.75) is 135 Å². The highest BCUT2D eigenvalue weighted by molar-refractivity contribution is 7.89. The van der Waals surface area contributed by atoms with Gasteiger partial charge in [0.1, 0.15) is 12.8 Å². The number of benzene rings is 2. The van der Waals surface area contributed by atoms with Crippen molar-refractivity contribution in [1.29, 1.82) is 0 Å². The van der Waals surface area contributed by atoms with Gasteiger partial charge in [-0.3, -0.25) is 0 Å². The first-order valence-corrected chi connectivity index (χ1v) is 18.7. The topological polar surface area (TPSA) is 50.5 Å². The summed E-state index contributed by atoms with van der Waals surface area (Å²) >= 11 is 0. The van der Waals surface area contributed by atoms with Gasteiger partial charge in [0.15, 0.2) is 11.9 Å². The Morgan fingerprint density at radius 1 is 0.761 bits per heavy atom. The average Bonchev–Trinajstić information content (AvgIpc) is 3.00. The van der Waals surface area contributed by atoms with E-state index in [2.05, 4.69) is 33.8 Å². The Hall–Kier alpha value is -1.97. The Labute approximate surface area is 298 Å². The van der Waals surface area contributed by atoms with Crippen LogP contribution in [0.25, 0.3) is 0 Å². The molecule has 0 aliphatic carbocycles. The lowest BCUT2D eigenvalue weighted by Gasteiger charge is -2.26. The first-order chi connectivity index (χ1) is 21.5. The van der Waals surface area contributed by atoms with Gasteiger partial charge in [-0.2, -0.15) is 4.31 Å². The molecule has 3 rings (SSSR count). The molecule has 0 aliphatic rings. The van der Waals surface area contributed by atoms with E-state index in [9.17, 15) is 8.42 Å². The van der Waals surface area contributed by atoms with E-state index >= 15 is 0 Å². The van der Waals surface area contributed by atoms with Crippen LogP contribution in [0.4, 0.5) is 0 Å². The van der Waals surface area contributed by atoms with E-state index in [1.165, 1.54) is 70.6 Å². The summed E-state index contributed by atoms with van der Waals surface area (Å²) in [4.78, 5) is 0.310. The van der Waals surface area contributed by atoms with Gasteiger partial charge in [-0.25, -0.2) is 13.0 Å². The number of aryl methyl sites for hydroxylation is 2. The zero-order valence-electron chi connectivity index (χ0n) is 29.4. The van der Waals surface area contributed by atoms with Crippen LogP contribution in [-0.4, -0.2) is 19.3 Å². The summed E-state index contributed by atoms with van der Waals surface area (Å²) < 4.78 is 37.8. The van der Waals surface area contributed by atoms with Crippen LogP contribution in [0.3, 0.4) is 0 Å². The molecule has 0 amide bonds. The van der Waals surface area contributed by atoms with Crippen molar-refractivity contribution in [3.63, 3.8) is 0 Å². The van der Waals surface area contributed by atoms with Gasteiger partial charge in [0.2, 0.25) is 10.0 Å². The molecule has 46 heavy (non-hydrogen) atoms. The van der Waals surface area contributed by atoms with Crippen LogP contribution in [0.15, 0.2) is 71.8 Å². The third-order valence-electron chi connectivity index (χ3n) is 8.63. The highest BCUT2D eigenvalue weighted by Gasteiger charge is 2.28. The molecule has 0 bridgehead atoms. The zero-order valence-corrected chi connectivity index (χ0v) is 32.3. The van der Waals surface area contributed by atoms with Gasteiger partial charge < -0.3 is 28.7 Å². The minimum atomic E-state index is -3.74. The van der Waals surface area contributed by atoms with Crippen LogP contribution in [0.2, 0.25) is 0 Å². The highest BCUT2D eigenvalue weighted by Crippen LogP contribution is 2.33. The summed E-state index contributed by atoms with van der Waals surface area (Å²) in [5.41, 5.74) is 3.87. The van der Waals surface area contributed by atoms with Gasteiger partial charge in [0, 0.05) is 18.7 Å². The van der Waals surface area contributed by atoms with E-state index in [1.807, 2.05) is 67.2 Å². The fraction of sp³-hybridized carbons (Fsp3) is 0.564. The number of aromatic nitrogens is 1. The van der Waals surface area contributed by atoms with E-state index in [4.69, 9.17) is 4.74 Å². The second-order valence-corrected chi connectivity index (χ2v) is 15.6. The molecule has 0 fully saturated rings. The minimum Gasteiger partial charge on any atom is -1.00 e. The monoisotopic (exact) mass is 762 g/mol. The van der Waals surface area contributed by atoms with E-state index in [1.54, 1.807) is 16.4 Å². The lowest BCUT2D eigenvalue weighted by atomic mass is 9.85. The molecular weight excluding hydrogens is 703 g/mol. The van der Waals surface area contributed by atoms with Crippen LogP contribution in [0, 0.1) is 6.92 Å². The molecule has 3 aromatic rings. The Morgan fingerprint density at radius 3 is 1.91 bits per heavy atom. The van der Waals surface area contributed by atoms with Crippen LogP contribution >= 0.6 is 0 Å². The highest BCUT2D eigenvalue weighted by atomic mass is 127. The Kier molecular flexibility index (Phi) is 17.8. The molecule has 7 heteroatoms. The fourth-order valence-electron chi connectivity index (χ4n) is 5.71. The van der Waals surface area contributed by atoms with Gasteiger partial charge in [0.25, 0.3) is 0 Å². The predicted octanol–water partition coefficient (Wildman–Crippen LogP) is 6.59. The second kappa shape index (κ2) is 20.4. The lowest BCUT2D eigenvalue weighted by molar-refractivity contribution is -0.680. The van der Waals surface area contributed by atoms with E-state index in [-0.39, 0.29) is 42.5 Å². The first-order valence-electron chi connectivity index (χ1n) is 17.3. The van der Waals surface area contributed by atoms with Crippen molar-refractivity contribution in [3.8, 4) is 5.75 Å². The van der Waals surface area contributed by atoms with E-state index in [0.29, 0.717) is 11.5 Å². The molecule has 1 heterocycles. The third-order valence-corrected chi connectivity index (χ3v) is 10.4. The van der Waals surface area contributed by atoms with Gasteiger partial charge in [0.05, 0.1) is 18.0 Å². The molecule has 0 spiro atoms. The molecule has 0 saturated heterocycles. The Bertz CT molecular complexity index is 1400. The SMILES string of the molecule is CCCCCCCCCCCCCCOc1ccc(CN(Cc2cccc[n+]2C)S(=O)(=O)c2ccc(C)cc2)cc1C(C)(C)C.[I-]. The van der Waals surface area contributed by atoms with Gasteiger partial charge >= 0.3 is 0 Å². The predicted molar refractivity (Wildman–Crippen MR) is 187 cm³/mol. The van der Waals surface area contributed by atoms with Crippen molar-refractivity contribution >= 4 is 10.0 Å². The molecule has 256 valence electrons. The normalized spacial score (nSPS) is 11.9. The summed E-state index contributed by atoms with van der Waals surface area (Å²) in [6, 6.07) is 19.2. The number of nitrogens with zero attached hydrogens (tertiary/aromatic N) is 2. The second-order valence-electron chi connectivity index (χ2n) is 13.7. The minimum absolute atomic E-state index is 0. The largest absolute Gasteiger partial charge is 1.00 e. The van der Waals surface area contributed by atoms with Gasteiger partial charge in [-0.05, 0) is 48.1 Å². The average molecular weight is 763 g/mol. The molecule has 0 N–H and O–H groups in total. The maximum Gasteiger partial charge on any atom is 0.243 e. The molecule has 0 radical (unpaired) electrons. The molecule has 0 unspecified atom stereocenters. The first kappa shape index (κ1) is 40.2. The van der Waals surface area contributed by atoms with Crippen LogP contribution < -0.4 is 33.3 Å². The van der Waals surface area contributed by atoms with Gasteiger partial charge in [-0.15, -0.1) is 0 Å². The molecule has 0 saturated carbocycles. The van der Waals surface area contributed by atoms with Crippen molar-refractivity contribution in [2.75, 3.05) is 6.61 Å². The zero-order chi connectivity index (χ0) is 32.7. The quantitative estimate of drug-likeness (QED) is 0.0742. The number of pyridine rings is 1. The summed E-state index contributed by atoms with van der Waals surface area (Å²) in [7, 11) is -1.79. The summed E-state index contributed by atoms with van der Waals surface area (Å²) in [6.45, 7) is 12.1. The smallest absolute Gasteiger partial charge is 0.243 e. The number of sulfonamides is 1. The number of unbranched alkanes of at least 4 members (excludes halogenated alkanes) is 11. The summed E-state index contributed by atoms with van der Waals surface area (Å²) in [6.07, 6.45) is 17.8. The fourth-order valence-corrected chi connectivity index (χ4v) is 7.10. The maximum absolute atomic E-state index is 14.0. The van der Waals surface area contributed by atoms with Crippen molar-refractivity contribution < 1.29 is 41.7 Å². The number of hydrogen-bond donors (Lipinski definition) is 0. The molecule has 0 aliphatic heterocycles. The van der Waals surface area contributed by atoms with Crippen LogP contribution in [-0.2, 0) is 35.6 Å². The van der Waals surface area contributed by atoms with E-state index in [0.717, 1.165) is 34.6 Å². The molecule has 5 nitrogen and oxygen atoms in total. The maximum atomic E-state index is 14.0. The number of hydrogen-bond acceptors (Lipinski definition) is 3. The molecular formula is C39H59IN2O3S. The number of rotatable bonds is 20. The molecule has 2 aromatic carbocycles. The number of halogens is 1. The van der Waals surface area contributed by atoms with Gasteiger partial charge in [-0.1, -0.05) is 134 Å². The lowest BCUT2D eigenvalue weighted by Crippen LogP contribution is -3.00. The Morgan fingerprint density at radius 2 is 1.35 bits per heavy atom. The van der Waals surface area contributed by atoms with Crippen molar-refractivity contribution in [1.82, 2.24) is 4.31 Å². The molecule has 0 atom stereocenters. The summed E-state index contributed by atoms with van der Waals surface area (Å²) in [5, 5.41) is 0. The summed E-state index contributed by atoms with van der Waals surface area (Å²) in [5.74, 6) is 0.900. The van der Waals surface area contributed by atoms with Crippen LogP contribution in [0.5, 0.6) is 5.75 Å². The molecule has 1 aromatic heterocycles. The van der Waals surface area contributed by atoms with E-state index < -0.39 is 10.0 Å². The Balaban J connectivity index is 0.00000736. The third kappa shape index (κ3) is 13.3. The number of ether oxygens (including phenoxy) is 1. The van der Waals surface area contributed by atoms with Crippen molar-refractivity contribution in [3.05, 3.63) is 89.2 Å². The standard InChI is InChI=1S/C39H59N2O3S.HI/c1-7-8-9-10-11-12-13-14-15-16-17-20-29-44-38-27-24-34(30-37(38)39(3,4)5)31-41(32-35-21-18-19-28-40(35)6)45(42,43)36-25-22-33(2)23-26-36;/h18-19,21-28,30H,7-17,20,29,31-32H2,1-6H3;1H/q+1;/p-1. The van der Waals surface area contributed by atoms with Crippen molar-refractivity contribution in [2.24, 2.45) is 7.05 Å².